The zero-order valence-electron chi connectivity index (χ0n) is 9.55. The molecule has 1 atom stereocenters. The lowest BCUT2D eigenvalue weighted by Crippen LogP contribution is -2.26. The molecule has 1 saturated carbocycles. The fourth-order valence-corrected chi connectivity index (χ4v) is 3.09. The number of nitrogens with zero attached hydrogens (tertiary/aromatic N) is 1. The van der Waals surface area contributed by atoms with Crippen LogP contribution < -0.4 is 0 Å². The molecule has 1 fully saturated rings. The summed E-state index contributed by atoms with van der Waals surface area (Å²) in [5.74, 6) is 0. The van der Waals surface area contributed by atoms with E-state index in [1.165, 1.54) is 25.7 Å². The Balaban J connectivity index is 2.07. The second kappa shape index (κ2) is 4.93. The Morgan fingerprint density at radius 1 is 1.44 bits per heavy atom. The number of rotatable bonds is 3. The van der Waals surface area contributed by atoms with Gasteiger partial charge in [-0.2, -0.15) is 0 Å². The van der Waals surface area contributed by atoms with Crippen molar-refractivity contribution >= 4 is 23.2 Å². The molecule has 0 radical (unpaired) electrons. The maximum atomic E-state index is 6.56. The molecule has 1 aliphatic carbocycles. The van der Waals surface area contributed by atoms with Crippen LogP contribution >= 0.6 is 23.2 Å². The smallest absolute Gasteiger partial charge is 0.0621 e. The second-order valence-corrected chi connectivity index (χ2v) is 5.93. The van der Waals surface area contributed by atoms with Crippen molar-refractivity contribution in [3.8, 4) is 0 Å². The molecular formula is C13H17Cl2N. The summed E-state index contributed by atoms with van der Waals surface area (Å²) in [5.41, 5.74) is 1.40. The Hall–Kier alpha value is -0.270. The van der Waals surface area contributed by atoms with Gasteiger partial charge in [0.1, 0.15) is 0 Å². The van der Waals surface area contributed by atoms with Crippen LogP contribution in [0.2, 0.25) is 5.02 Å². The summed E-state index contributed by atoms with van der Waals surface area (Å²) in [6.07, 6.45) is 9.42. The third kappa shape index (κ3) is 2.52. The predicted octanol–water partition coefficient (Wildman–Crippen LogP) is 4.47. The molecular weight excluding hydrogens is 241 g/mol. The molecule has 2 rings (SSSR count). The van der Waals surface area contributed by atoms with Crippen LogP contribution in [0.5, 0.6) is 0 Å². The number of pyridine rings is 1. The lowest BCUT2D eigenvalue weighted by atomic mass is 9.82. The predicted molar refractivity (Wildman–Crippen MR) is 69.2 cm³/mol. The van der Waals surface area contributed by atoms with E-state index in [4.69, 9.17) is 23.2 Å². The van der Waals surface area contributed by atoms with Crippen molar-refractivity contribution in [2.75, 3.05) is 0 Å². The van der Waals surface area contributed by atoms with E-state index in [0.29, 0.717) is 0 Å². The minimum absolute atomic E-state index is 0.176. The highest BCUT2D eigenvalue weighted by atomic mass is 35.5. The first-order chi connectivity index (χ1) is 7.62. The summed E-state index contributed by atoms with van der Waals surface area (Å²) < 4.78 is 0. The molecule has 3 heteroatoms. The minimum Gasteiger partial charge on any atom is -0.263 e. The SMILES string of the molecule is CC1(C(Cl)Cc2ccncc2Cl)CCCC1. The monoisotopic (exact) mass is 257 g/mol. The number of aromatic nitrogens is 1. The Bertz CT molecular complexity index is 359. The number of halogens is 2. The van der Waals surface area contributed by atoms with Crippen LogP contribution in [-0.4, -0.2) is 10.4 Å². The van der Waals surface area contributed by atoms with Crippen molar-refractivity contribution in [2.24, 2.45) is 5.41 Å². The molecule has 0 bridgehead atoms. The highest BCUT2D eigenvalue weighted by Crippen LogP contribution is 2.44. The van der Waals surface area contributed by atoms with E-state index in [9.17, 15) is 0 Å². The molecule has 0 spiro atoms. The second-order valence-electron chi connectivity index (χ2n) is 5.00. The summed E-state index contributed by atoms with van der Waals surface area (Å²) in [7, 11) is 0. The summed E-state index contributed by atoms with van der Waals surface area (Å²) in [4.78, 5) is 3.99. The largest absolute Gasteiger partial charge is 0.263 e. The first kappa shape index (κ1) is 12.2. The molecule has 1 heterocycles. The molecule has 88 valence electrons. The highest BCUT2D eigenvalue weighted by molar-refractivity contribution is 6.31. The first-order valence-electron chi connectivity index (χ1n) is 5.84. The minimum atomic E-state index is 0.176. The van der Waals surface area contributed by atoms with Gasteiger partial charge in [0.2, 0.25) is 0 Å². The van der Waals surface area contributed by atoms with Crippen LogP contribution in [0.25, 0.3) is 0 Å². The van der Waals surface area contributed by atoms with E-state index in [1.54, 1.807) is 12.4 Å². The standard InChI is InChI=1S/C13H17Cl2N/c1-13(5-2-3-6-13)12(15)8-10-4-7-16-9-11(10)14/h4,7,9,12H,2-3,5-6,8H2,1H3. The van der Waals surface area contributed by atoms with Gasteiger partial charge in [0, 0.05) is 17.8 Å². The van der Waals surface area contributed by atoms with Gasteiger partial charge in [0.25, 0.3) is 0 Å². The van der Waals surface area contributed by atoms with Gasteiger partial charge in [0.15, 0.2) is 0 Å². The van der Waals surface area contributed by atoms with Crippen LogP contribution in [0.1, 0.15) is 38.2 Å². The molecule has 1 aliphatic rings. The Morgan fingerprint density at radius 3 is 2.75 bits per heavy atom. The van der Waals surface area contributed by atoms with Gasteiger partial charge in [-0.15, -0.1) is 11.6 Å². The molecule has 1 aromatic rings. The van der Waals surface area contributed by atoms with Crippen molar-refractivity contribution < 1.29 is 0 Å². The Morgan fingerprint density at radius 2 is 2.12 bits per heavy atom. The van der Waals surface area contributed by atoms with E-state index in [0.717, 1.165) is 17.0 Å². The summed E-state index contributed by atoms with van der Waals surface area (Å²) in [6, 6.07) is 1.97. The first-order valence-corrected chi connectivity index (χ1v) is 6.66. The van der Waals surface area contributed by atoms with Crippen molar-refractivity contribution in [2.45, 2.75) is 44.4 Å². The Kier molecular flexibility index (Phi) is 3.76. The topological polar surface area (TPSA) is 12.9 Å². The van der Waals surface area contributed by atoms with Gasteiger partial charge in [-0.3, -0.25) is 4.98 Å². The van der Waals surface area contributed by atoms with E-state index in [1.807, 2.05) is 6.07 Å². The maximum absolute atomic E-state index is 6.56. The van der Waals surface area contributed by atoms with Gasteiger partial charge in [-0.25, -0.2) is 0 Å². The van der Waals surface area contributed by atoms with Crippen molar-refractivity contribution in [1.29, 1.82) is 0 Å². The number of hydrogen-bond donors (Lipinski definition) is 0. The van der Waals surface area contributed by atoms with Crippen molar-refractivity contribution in [3.05, 3.63) is 29.0 Å². The van der Waals surface area contributed by atoms with Crippen LogP contribution in [0.4, 0.5) is 0 Å². The van der Waals surface area contributed by atoms with Crippen molar-refractivity contribution in [3.63, 3.8) is 0 Å². The molecule has 0 saturated heterocycles. The summed E-state index contributed by atoms with van der Waals surface area (Å²) in [5, 5.41) is 0.907. The number of hydrogen-bond acceptors (Lipinski definition) is 1. The van der Waals surface area contributed by atoms with E-state index >= 15 is 0 Å². The van der Waals surface area contributed by atoms with Gasteiger partial charge in [-0.05, 0) is 36.3 Å². The normalized spacial score (nSPS) is 20.9. The molecule has 1 nitrogen and oxygen atoms in total. The van der Waals surface area contributed by atoms with Crippen LogP contribution in [-0.2, 0) is 6.42 Å². The molecule has 1 aromatic heterocycles. The fourth-order valence-electron chi connectivity index (χ4n) is 2.50. The molecule has 0 aliphatic heterocycles. The van der Waals surface area contributed by atoms with E-state index in [2.05, 4.69) is 11.9 Å². The van der Waals surface area contributed by atoms with Crippen LogP contribution in [0, 0.1) is 5.41 Å². The average Bonchev–Trinajstić information content (AvgIpc) is 2.70. The van der Waals surface area contributed by atoms with Gasteiger partial charge < -0.3 is 0 Å². The van der Waals surface area contributed by atoms with Gasteiger partial charge in [-0.1, -0.05) is 31.4 Å². The van der Waals surface area contributed by atoms with Crippen LogP contribution in [0.3, 0.4) is 0 Å². The third-order valence-electron chi connectivity index (χ3n) is 3.76. The van der Waals surface area contributed by atoms with Crippen LogP contribution in [0.15, 0.2) is 18.5 Å². The zero-order chi connectivity index (χ0) is 11.6. The lowest BCUT2D eigenvalue weighted by molar-refractivity contribution is 0.316. The molecule has 16 heavy (non-hydrogen) atoms. The average molecular weight is 258 g/mol. The highest BCUT2D eigenvalue weighted by Gasteiger charge is 2.35. The third-order valence-corrected chi connectivity index (χ3v) is 4.78. The van der Waals surface area contributed by atoms with E-state index < -0.39 is 0 Å². The molecule has 0 N–H and O–H groups in total. The molecule has 0 amide bonds. The Labute approximate surface area is 107 Å². The van der Waals surface area contributed by atoms with Gasteiger partial charge >= 0.3 is 0 Å². The fraction of sp³-hybridized carbons (Fsp3) is 0.615. The number of alkyl halides is 1. The summed E-state index contributed by atoms with van der Waals surface area (Å²) in [6.45, 7) is 2.30. The van der Waals surface area contributed by atoms with Crippen molar-refractivity contribution in [1.82, 2.24) is 4.98 Å². The lowest BCUT2D eigenvalue weighted by Gasteiger charge is -2.29. The molecule has 0 aromatic carbocycles. The van der Waals surface area contributed by atoms with E-state index in [-0.39, 0.29) is 10.8 Å². The zero-order valence-corrected chi connectivity index (χ0v) is 11.1. The maximum Gasteiger partial charge on any atom is 0.0621 e. The van der Waals surface area contributed by atoms with Gasteiger partial charge in [0.05, 0.1) is 5.02 Å². The molecule has 1 unspecified atom stereocenters. The quantitative estimate of drug-likeness (QED) is 0.729. The summed E-state index contributed by atoms with van der Waals surface area (Å²) >= 11 is 12.7.